The number of benzene rings is 1. The van der Waals surface area contributed by atoms with E-state index in [0.717, 1.165) is 6.07 Å². The van der Waals surface area contributed by atoms with Crippen LogP contribution in [0, 0.1) is 5.82 Å². The van der Waals surface area contributed by atoms with Crippen molar-refractivity contribution >= 4 is 0 Å². The smallest absolute Gasteiger partial charge is 0.317 e. The van der Waals surface area contributed by atoms with Gasteiger partial charge in [-0.05, 0) is 12.1 Å². The molecule has 1 aromatic heterocycles. The van der Waals surface area contributed by atoms with Gasteiger partial charge in [0, 0.05) is 7.05 Å². The van der Waals surface area contributed by atoms with Crippen LogP contribution in [0.15, 0.2) is 24.5 Å². The summed E-state index contributed by atoms with van der Waals surface area (Å²) >= 11 is 0. The maximum absolute atomic E-state index is 13.7. The number of rotatable bonds is 1. The Morgan fingerprint density at radius 2 is 1.94 bits per heavy atom. The van der Waals surface area contributed by atoms with Crippen molar-refractivity contribution < 1.29 is 17.6 Å². The van der Waals surface area contributed by atoms with Gasteiger partial charge in [0.05, 0.1) is 11.1 Å². The number of halogens is 4. The summed E-state index contributed by atoms with van der Waals surface area (Å²) in [6.07, 6.45) is -3.44. The van der Waals surface area contributed by atoms with Gasteiger partial charge in [-0.25, -0.2) is 4.39 Å². The molecule has 1 heterocycles. The Hall–Kier alpha value is -1.92. The molecule has 0 bridgehead atoms. The van der Waals surface area contributed by atoms with Crippen LogP contribution in [0.1, 0.15) is 5.56 Å². The molecule has 0 saturated carbocycles. The number of nitrogens with zero attached hydrogens (tertiary/aromatic N) is 3. The molecule has 0 atom stereocenters. The molecule has 0 spiro atoms. The molecule has 0 saturated heterocycles. The fraction of sp³-hybridized carbons (Fsp3) is 0.200. The zero-order valence-electron chi connectivity index (χ0n) is 8.66. The Morgan fingerprint density at radius 3 is 2.47 bits per heavy atom. The first-order chi connectivity index (χ1) is 7.91. The van der Waals surface area contributed by atoms with E-state index in [2.05, 4.69) is 10.2 Å². The number of hydrogen-bond donors (Lipinski definition) is 0. The van der Waals surface area contributed by atoms with E-state index in [1.807, 2.05) is 0 Å². The van der Waals surface area contributed by atoms with Crippen LogP contribution in [0.3, 0.4) is 0 Å². The van der Waals surface area contributed by atoms with Crippen LogP contribution in [-0.4, -0.2) is 14.8 Å². The number of alkyl halides is 3. The van der Waals surface area contributed by atoms with E-state index in [1.54, 1.807) is 0 Å². The number of hydrogen-bond acceptors (Lipinski definition) is 2. The minimum absolute atomic E-state index is 0.0496. The molecule has 0 unspecified atom stereocenters. The zero-order valence-corrected chi connectivity index (χ0v) is 8.66. The molecule has 7 heteroatoms. The van der Waals surface area contributed by atoms with Crippen molar-refractivity contribution in [1.29, 1.82) is 0 Å². The van der Waals surface area contributed by atoms with Gasteiger partial charge >= 0.3 is 6.18 Å². The molecule has 2 aromatic rings. The average Bonchev–Trinajstić information content (AvgIpc) is 2.63. The van der Waals surface area contributed by atoms with Gasteiger partial charge in [-0.15, -0.1) is 10.2 Å². The van der Waals surface area contributed by atoms with Gasteiger partial charge in [-0.3, -0.25) is 0 Å². The molecule has 90 valence electrons. The van der Waals surface area contributed by atoms with E-state index in [9.17, 15) is 17.6 Å². The molecular formula is C10H7F4N3. The average molecular weight is 245 g/mol. The summed E-state index contributed by atoms with van der Waals surface area (Å²) in [6.45, 7) is 0. The zero-order chi connectivity index (χ0) is 12.6. The summed E-state index contributed by atoms with van der Waals surface area (Å²) in [5.74, 6) is -1.29. The van der Waals surface area contributed by atoms with Gasteiger partial charge in [0.15, 0.2) is 5.82 Å². The van der Waals surface area contributed by atoms with Crippen molar-refractivity contribution in [3.8, 4) is 11.4 Å². The highest BCUT2D eigenvalue weighted by Crippen LogP contribution is 2.34. The Morgan fingerprint density at radius 1 is 1.24 bits per heavy atom. The molecule has 0 fully saturated rings. The molecule has 0 amide bonds. The van der Waals surface area contributed by atoms with Crippen molar-refractivity contribution in [3.05, 3.63) is 35.9 Å². The van der Waals surface area contributed by atoms with Gasteiger partial charge in [0.25, 0.3) is 0 Å². The quantitative estimate of drug-likeness (QED) is 0.723. The third-order valence-corrected chi connectivity index (χ3v) is 2.26. The summed E-state index contributed by atoms with van der Waals surface area (Å²) in [7, 11) is 1.52. The predicted molar refractivity (Wildman–Crippen MR) is 51.4 cm³/mol. The Kier molecular flexibility index (Phi) is 2.60. The lowest BCUT2D eigenvalue weighted by atomic mass is 10.1. The largest absolute Gasteiger partial charge is 0.419 e. The first kappa shape index (κ1) is 11.6. The summed E-state index contributed by atoms with van der Waals surface area (Å²) in [5, 5.41) is 7.07. The second-order valence-corrected chi connectivity index (χ2v) is 3.43. The van der Waals surface area contributed by atoms with Gasteiger partial charge in [0.2, 0.25) is 0 Å². The molecule has 3 nitrogen and oxygen atoms in total. The highest BCUT2D eigenvalue weighted by Gasteiger charge is 2.35. The standard InChI is InChI=1S/C10H7F4N3/c1-17-5-15-16-9(17)6-3-2-4-7(8(6)11)10(12,13)14/h2-5H,1H3. The molecule has 0 aliphatic carbocycles. The van der Waals surface area contributed by atoms with Crippen molar-refractivity contribution in [3.63, 3.8) is 0 Å². The molecule has 0 radical (unpaired) electrons. The van der Waals surface area contributed by atoms with Crippen LogP contribution in [0.4, 0.5) is 17.6 Å². The molecule has 2 rings (SSSR count). The second-order valence-electron chi connectivity index (χ2n) is 3.43. The minimum Gasteiger partial charge on any atom is -0.317 e. The number of aromatic nitrogens is 3. The predicted octanol–water partition coefficient (Wildman–Crippen LogP) is 2.64. The lowest BCUT2D eigenvalue weighted by molar-refractivity contribution is -0.139. The molecular weight excluding hydrogens is 238 g/mol. The molecule has 0 N–H and O–H groups in total. The topological polar surface area (TPSA) is 30.7 Å². The summed E-state index contributed by atoms with van der Waals surface area (Å²) in [4.78, 5) is 0. The van der Waals surface area contributed by atoms with Gasteiger partial charge < -0.3 is 4.57 Å². The molecule has 0 aliphatic rings. The van der Waals surface area contributed by atoms with E-state index >= 15 is 0 Å². The minimum atomic E-state index is -4.72. The lowest BCUT2D eigenvalue weighted by Gasteiger charge is -2.10. The normalized spacial score (nSPS) is 11.8. The fourth-order valence-electron chi connectivity index (χ4n) is 1.45. The van der Waals surface area contributed by atoms with Gasteiger partial charge in [0.1, 0.15) is 12.1 Å². The van der Waals surface area contributed by atoms with Crippen molar-refractivity contribution in [2.75, 3.05) is 0 Å². The third-order valence-electron chi connectivity index (χ3n) is 2.26. The summed E-state index contributed by atoms with van der Waals surface area (Å²) < 4.78 is 52.5. The van der Waals surface area contributed by atoms with Crippen LogP contribution in [0.2, 0.25) is 0 Å². The van der Waals surface area contributed by atoms with E-state index < -0.39 is 17.6 Å². The van der Waals surface area contributed by atoms with Crippen LogP contribution in [-0.2, 0) is 13.2 Å². The van der Waals surface area contributed by atoms with Crippen molar-refractivity contribution in [2.45, 2.75) is 6.18 Å². The number of aryl methyl sites for hydroxylation is 1. The first-order valence-corrected chi connectivity index (χ1v) is 4.61. The van der Waals surface area contributed by atoms with Crippen LogP contribution in [0.5, 0.6) is 0 Å². The van der Waals surface area contributed by atoms with Gasteiger partial charge in [-0.1, -0.05) is 6.07 Å². The van der Waals surface area contributed by atoms with Gasteiger partial charge in [-0.2, -0.15) is 13.2 Å². The maximum Gasteiger partial charge on any atom is 0.419 e. The molecule has 1 aromatic carbocycles. The third kappa shape index (κ3) is 2.00. The SMILES string of the molecule is Cn1cnnc1-c1cccc(C(F)(F)F)c1F. The van der Waals surface area contributed by atoms with Crippen molar-refractivity contribution in [2.24, 2.45) is 7.05 Å². The highest BCUT2D eigenvalue weighted by atomic mass is 19.4. The first-order valence-electron chi connectivity index (χ1n) is 4.61. The summed E-state index contributed by atoms with van der Waals surface area (Å²) in [5.41, 5.74) is -1.53. The highest BCUT2D eigenvalue weighted by molar-refractivity contribution is 5.57. The van der Waals surface area contributed by atoms with E-state index in [-0.39, 0.29) is 11.4 Å². The van der Waals surface area contributed by atoms with Crippen LogP contribution in [0.25, 0.3) is 11.4 Å². The van der Waals surface area contributed by atoms with E-state index in [0.29, 0.717) is 6.07 Å². The fourth-order valence-corrected chi connectivity index (χ4v) is 1.45. The molecule has 0 aliphatic heterocycles. The van der Waals surface area contributed by atoms with Crippen LogP contribution < -0.4 is 0 Å². The van der Waals surface area contributed by atoms with E-state index in [1.165, 1.54) is 24.0 Å². The monoisotopic (exact) mass is 245 g/mol. The molecule has 17 heavy (non-hydrogen) atoms. The van der Waals surface area contributed by atoms with E-state index in [4.69, 9.17) is 0 Å². The summed E-state index contributed by atoms with van der Waals surface area (Å²) in [6, 6.07) is 3.06. The lowest BCUT2D eigenvalue weighted by Crippen LogP contribution is -2.09. The maximum atomic E-state index is 13.7. The van der Waals surface area contributed by atoms with Crippen LogP contribution >= 0.6 is 0 Å². The Labute approximate surface area is 93.7 Å². The Bertz CT molecular complexity index is 545. The second kappa shape index (κ2) is 3.83. The van der Waals surface area contributed by atoms with Crippen molar-refractivity contribution in [1.82, 2.24) is 14.8 Å². The Balaban J connectivity index is 2.62.